The molecule has 1 aromatic rings. The van der Waals surface area contributed by atoms with Crippen LogP contribution < -0.4 is 5.73 Å². The van der Waals surface area contributed by atoms with Crippen LogP contribution in [0, 0.1) is 12.8 Å². The maximum absolute atomic E-state index is 6.23. The molecule has 78 valence electrons. The zero-order valence-corrected chi connectivity index (χ0v) is 9.51. The van der Waals surface area contributed by atoms with Crippen molar-refractivity contribution in [2.45, 2.75) is 32.4 Å². The predicted octanol–water partition coefficient (Wildman–Crippen LogP) is 2.48. The van der Waals surface area contributed by atoms with Gasteiger partial charge in [0.05, 0.1) is 6.10 Å². The molecule has 2 N–H and O–H groups in total. The van der Waals surface area contributed by atoms with Crippen molar-refractivity contribution in [1.29, 1.82) is 0 Å². The van der Waals surface area contributed by atoms with Gasteiger partial charge in [-0.25, -0.2) is 0 Å². The van der Waals surface area contributed by atoms with Crippen LogP contribution in [0.1, 0.15) is 29.8 Å². The minimum Gasteiger partial charge on any atom is -0.378 e. The SMILES string of the molecule is Cc1cc(C(N)C2CCOC2C)cs1. The Balaban J connectivity index is 2.11. The third-order valence-corrected chi connectivity index (χ3v) is 3.91. The fourth-order valence-electron chi connectivity index (χ4n) is 2.11. The van der Waals surface area contributed by atoms with Crippen molar-refractivity contribution in [3.05, 3.63) is 21.9 Å². The van der Waals surface area contributed by atoms with Crippen molar-refractivity contribution in [1.82, 2.24) is 0 Å². The van der Waals surface area contributed by atoms with Crippen LogP contribution in [0.15, 0.2) is 11.4 Å². The van der Waals surface area contributed by atoms with Gasteiger partial charge in [0.15, 0.2) is 0 Å². The molecule has 2 nitrogen and oxygen atoms in total. The van der Waals surface area contributed by atoms with Gasteiger partial charge < -0.3 is 10.5 Å². The number of thiophene rings is 1. The third-order valence-electron chi connectivity index (χ3n) is 3.03. The van der Waals surface area contributed by atoms with Crippen molar-refractivity contribution < 1.29 is 4.74 Å². The highest BCUT2D eigenvalue weighted by atomic mass is 32.1. The van der Waals surface area contributed by atoms with Crippen LogP contribution in [0.25, 0.3) is 0 Å². The number of aryl methyl sites for hydroxylation is 1. The normalized spacial score (nSPS) is 29.4. The molecule has 3 atom stereocenters. The van der Waals surface area contributed by atoms with E-state index in [0.717, 1.165) is 13.0 Å². The van der Waals surface area contributed by atoms with Gasteiger partial charge in [-0.15, -0.1) is 11.3 Å². The van der Waals surface area contributed by atoms with Gasteiger partial charge in [-0.2, -0.15) is 0 Å². The standard InChI is InChI=1S/C11H17NOS/c1-7-5-9(6-14-7)11(12)10-3-4-13-8(10)2/h5-6,8,10-11H,3-4,12H2,1-2H3. The molecule has 14 heavy (non-hydrogen) atoms. The van der Waals surface area contributed by atoms with Gasteiger partial charge in [0.1, 0.15) is 0 Å². The van der Waals surface area contributed by atoms with Crippen molar-refractivity contribution in [2.24, 2.45) is 11.7 Å². The molecule has 2 rings (SSSR count). The summed E-state index contributed by atoms with van der Waals surface area (Å²) in [6.45, 7) is 5.11. The van der Waals surface area contributed by atoms with Gasteiger partial charge in [-0.3, -0.25) is 0 Å². The van der Waals surface area contributed by atoms with Gasteiger partial charge in [-0.05, 0) is 37.3 Å². The Labute approximate surface area is 89.1 Å². The molecule has 0 radical (unpaired) electrons. The second kappa shape index (κ2) is 4.01. The summed E-state index contributed by atoms with van der Waals surface area (Å²) in [5.74, 6) is 0.490. The molecule has 1 aliphatic heterocycles. The minimum atomic E-state index is 0.150. The molecule has 3 unspecified atom stereocenters. The van der Waals surface area contributed by atoms with E-state index in [1.807, 2.05) is 0 Å². The zero-order chi connectivity index (χ0) is 10.1. The summed E-state index contributed by atoms with van der Waals surface area (Å²) in [5.41, 5.74) is 7.50. The van der Waals surface area contributed by atoms with Crippen molar-refractivity contribution in [3.8, 4) is 0 Å². The Bertz CT molecular complexity index is 310. The number of nitrogens with two attached hydrogens (primary N) is 1. The van der Waals surface area contributed by atoms with Gasteiger partial charge in [0, 0.05) is 23.4 Å². The minimum absolute atomic E-state index is 0.150. The molecule has 0 saturated carbocycles. The number of rotatable bonds is 2. The maximum Gasteiger partial charge on any atom is 0.0594 e. The molecular weight excluding hydrogens is 194 g/mol. The molecule has 0 amide bonds. The lowest BCUT2D eigenvalue weighted by Crippen LogP contribution is -2.26. The molecule has 1 saturated heterocycles. The Morgan fingerprint density at radius 3 is 2.93 bits per heavy atom. The molecule has 1 aromatic heterocycles. The zero-order valence-electron chi connectivity index (χ0n) is 8.69. The van der Waals surface area contributed by atoms with Gasteiger partial charge in [0.2, 0.25) is 0 Å². The second-order valence-corrected chi connectivity index (χ2v) is 5.16. The smallest absolute Gasteiger partial charge is 0.0594 e. The van der Waals surface area contributed by atoms with E-state index in [2.05, 4.69) is 25.3 Å². The topological polar surface area (TPSA) is 35.2 Å². The second-order valence-electron chi connectivity index (χ2n) is 4.04. The molecule has 0 aromatic carbocycles. The quantitative estimate of drug-likeness (QED) is 0.815. The van der Waals surface area contributed by atoms with Crippen molar-refractivity contribution >= 4 is 11.3 Å². The van der Waals surface area contributed by atoms with E-state index in [-0.39, 0.29) is 6.04 Å². The fraction of sp³-hybridized carbons (Fsp3) is 0.636. The van der Waals surface area contributed by atoms with E-state index < -0.39 is 0 Å². The summed E-state index contributed by atoms with van der Waals surface area (Å²) in [6.07, 6.45) is 1.40. The summed E-state index contributed by atoms with van der Waals surface area (Å²) in [5, 5.41) is 2.17. The largest absolute Gasteiger partial charge is 0.378 e. The molecule has 0 spiro atoms. The molecule has 0 bridgehead atoms. The third kappa shape index (κ3) is 1.85. The highest BCUT2D eigenvalue weighted by Gasteiger charge is 2.30. The van der Waals surface area contributed by atoms with E-state index in [0.29, 0.717) is 12.0 Å². The van der Waals surface area contributed by atoms with E-state index in [4.69, 9.17) is 10.5 Å². The summed E-state index contributed by atoms with van der Waals surface area (Å²) in [4.78, 5) is 1.34. The van der Waals surface area contributed by atoms with Crippen molar-refractivity contribution in [3.63, 3.8) is 0 Å². The van der Waals surface area contributed by atoms with E-state index in [1.54, 1.807) is 11.3 Å². The monoisotopic (exact) mass is 211 g/mol. The first kappa shape index (κ1) is 10.1. The molecule has 1 aliphatic rings. The van der Waals surface area contributed by atoms with Crippen LogP contribution in [-0.2, 0) is 4.74 Å². The average Bonchev–Trinajstić information content (AvgIpc) is 2.73. The van der Waals surface area contributed by atoms with Crippen LogP contribution in [0.3, 0.4) is 0 Å². The molecule has 0 aliphatic carbocycles. The number of hydrogen-bond acceptors (Lipinski definition) is 3. The summed E-state index contributed by atoms with van der Waals surface area (Å²) in [7, 11) is 0. The van der Waals surface area contributed by atoms with E-state index in [1.165, 1.54) is 10.4 Å². The Morgan fingerprint density at radius 2 is 2.43 bits per heavy atom. The highest BCUT2D eigenvalue weighted by molar-refractivity contribution is 7.10. The summed E-state index contributed by atoms with van der Waals surface area (Å²) >= 11 is 1.77. The van der Waals surface area contributed by atoms with Crippen LogP contribution in [0.2, 0.25) is 0 Å². The van der Waals surface area contributed by atoms with E-state index in [9.17, 15) is 0 Å². The molecular formula is C11H17NOS. The highest BCUT2D eigenvalue weighted by Crippen LogP contribution is 2.33. The Morgan fingerprint density at radius 1 is 1.64 bits per heavy atom. The molecule has 1 fully saturated rings. The van der Waals surface area contributed by atoms with Gasteiger partial charge in [-0.1, -0.05) is 0 Å². The van der Waals surface area contributed by atoms with Crippen LogP contribution >= 0.6 is 11.3 Å². The fourth-order valence-corrected chi connectivity index (χ4v) is 2.86. The Hall–Kier alpha value is -0.380. The first-order valence-electron chi connectivity index (χ1n) is 5.10. The molecule has 2 heterocycles. The summed E-state index contributed by atoms with van der Waals surface area (Å²) < 4.78 is 5.54. The lowest BCUT2D eigenvalue weighted by molar-refractivity contribution is 0.0995. The summed E-state index contributed by atoms with van der Waals surface area (Å²) in [6, 6.07) is 2.35. The predicted molar refractivity (Wildman–Crippen MR) is 59.5 cm³/mol. The molecule has 3 heteroatoms. The van der Waals surface area contributed by atoms with Gasteiger partial charge >= 0.3 is 0 Å². The van der Waals surface area contributed by atoms with Crippen molar-refractivity contribution in [2.75, 3.05) is 6.61 Å². The average molecular weight is 211 g/mol. The van der Waals surface area contributed by atoms with Crippen LogP contribution in [-0.4, -0.2) is 12.7 Å². The van der Waals surface area contributed by atoms with Crippen LogP contribution in [0.5, 0.6) is 0 Å². The first-order valence-corrected chi connectivity index (χ1v) is 5.98. The number of ether oxygens (including phenoxy) is 1. The van der Waals surface area contributed by atoms with Gasteiger partial charge in [0.25, 0.3) is 0 Å². The number of hydrogen-bond donors (Lipinski definition) is 1. The Kier molecular flexibility index (Phi) is 2.91. The lowest BCUT2D eigenvalue weighted by atomic mass is 9.90. The maximum atomic E-state index is 6.23. The first-order chi connectivity index (χ1) is 6.68. The lowest BCUT2D eigenvalue weighted by Gasteiger charge is -2.21. The van der Waals surface area contributed by atoms with Crippen LogP contribution in [0.4, 0.5) is 0 Å². The van der Waals surface area contributed by atoms with E-state index >= 15 is 0 Å².